The Morgan fingerprint density at radius 2 is 1.93 bits per heavy atom. The first-order chi connectivity index (χ1) is 13.7. The summed E-state index contributed by atoms with van der Waals surface area (Å²) in [5.74, 6) is 0.635. The number of thioether (sulfide) groups is 1. The van der Waals surface area contributed by atoms with E-state index in [9.17, 15) is 9.18 Å². The molecule has 0 spiro atoms. The maximum Gasteiger partial charge on any atom is 0.233 e. The highest BCUT2D eigenvalue weighted by Gasteiger charge is 2.38. The Kier molecular flexibility index (Phi) is 5.80. The molecule has 1 aromatic carbocycles. The number of halogens is 1. The second kappa shape index (κ2) is 8.47. The Labute approximate surface area is 169 Å². The molecule has 2 saturated carbocycles. The molecular weight excluding hydrogens is 375 g/mol. The summed E-state index contributed by atoms with van der Waals surface area (Å²) in [6.45, 7) is 4.25. The van der Waals surface area contributed by atoms with Crippen molar-refractivity contribution in [2.45, 2.75) is 62.3 Å². The zero-order chi connectivity index (χ0) is 19.5. The Bertz CT molecular complexity index is 858. The van der Waals surface area contributed by atoms with Crippen molar-refractivity contribution in [2.75, 3.05) is 5.75 Å². The van der Waals surface area contributed by atoms with Crippen molar-refractivity contribution in [3.8, 4) is 11.4 Å². The highest BCUT2D eigenvalue weighted by Crippen LogP contribution is 2.35. The van der Waals surface area contributed by atoms with Gasteiger partial charge in [-0.25, -0.2) is 4.39 Å². The van der Waals surface area contributed by atoms with E-state index in [-0.39, 0.29) is 11.7 Å². The lowest BCUT2D eigenvalue weighted by atomic mass is 10.2. The van der Waals surface area contributed by atoms with Crippen LogP contribution in [0, 0.1) is 5.82 Å². The van der Waals surface area contributed by atoms with Crippen molar-refractivity contribution < 1.29 is 9.18 Å². The highest BCUT2D eigenvalue weighted by atomic mass is 32.2. The van der Waals surface area contributed by atoms with Gasteiger partial charge in [0.1, 0.15) is 5.82 Å². The quantitative estimate of drug-likeness (QED) is 0.490. The third kappa shape index (κ3) is 3.99. The molecule has 1 aromatic heterocycles. The smallest absolute Gasteiger partial charge is 0.233 e. The minimum absolute atomic E-state index is 0.181. The van der Waals surface area contributed by atoms with Gasteiger partial charge in [-0.05, 0) is 37.8 Å². The summed E-state index contributed by atoms with van der Waals surface area (Å²) in [5.41, 5.74) is 0.403. The molecule has 1 amide bonds. The number of rotatable bonds is 8. The van der Waals surface area contributed by atoms with Crippen LogP contribution in [0.1, 0.15) is 38.5 Å². The van der Waals surface area contributed by atoms with Crippen LogP contribution >= 0.6 is 11.8 Å². The van der Waals surface area contributed by atoms with Crippen LogP contribution < -0.4 is 0 Å². The normalized spacial score (nSPS) is 17.0. The van der Waals surface area contributed by atoms with E-state index in [0.29, 0.717) is 40.9 Å². The van der Waals surface area contributed by atoms with Crippen LogP contribution in [0.4, 0.5) is 4.39 Å². The van der Waals surface area contributed by atoms with Crippen molar-refractivity contribution in [3.05, 3.63) is 42.7 Å². The molecule has 7 heteroatoms. The van der Waals surface area contributed by atoms with E-state index in [1.54, 1.807) is 24.3 Å². The van der Waals surface area contributed by atoms with Crippen LogP contribution in [0.5, 0.6) is 0 Å². The van der Waals surface area contributed by atoms with Gasteiger partial charge in [-0.15, -0.1) is 16.8 Å². The number of allylic oxidation sites excluding steroid dienone is 1. The number of hydrogen-bond donors (Lipinski definition) is 0. The molecule has 0 atom stereocenters. The average molecular weight is 401 g/mol. The monoisotopic (exact) mass is 400 g/mol. The van der Waals surface area contributed by atoms with E-state index in [4.69, 9.17) is 0 Å². The molecule has 0 aliphatic heterocycles. The van der Waals surface area contributed by atoms with Crippen molar-refractivity contribution in [2.24, 2.45) is 0 Å². The number of aromatic nitrogens is 3. The number of carbonyl (C=O) groups excluding carboxylic acids is 1. The first kappa shape index (κ1) is 19.2. The Morgan fingerprint density at radius 3 is 2.61 bits per heavy atom. The lowest BCUT2D eigenvalue weighted by molar-refractivity contribution is -0.131. The summed E-state index contributed by atoms with van der Waals surface area (Å²) in [4.78, 5) is 15.1. The maximum absolute atomic E-state index is 14.2. The minimum Gasteiger partial charge on any atom is -0.336 e. The predicted octanol–water partition coefficient (Wildman–Crippen LogP) is 4.30. The molecule has 148 valence electrons. The molecule has 2 aromatic rings. The molecule has 2 fully saturated rings. The van der Waals surface area contributed by atoms with Gasteiger partial charge in [0.25, 0.3) is 0 Å². The standard InChI is InChI=1S/C21H25FN4OS/c1-2-13-25-20(17-9-5-6-10-18(17)22)23-24-21(25)28-14-19(27)26(16-11-12-16)15-7-3-4-8-15/h2,5-6,9-10,15-16H,1,3-4,7-8,11-14H2. The van der Waals surface area contributed by atoms with Gasteiger partial charge in [0.2, 0.25) is 5.91 Å². The first-order valence-corrected chi connectivity index (χ1v) is 10.9. The van der Waals surface area contributed by atoms with E-state index in [1.165, 1.54) is 30.7 Å². The summed E-state index contributed by atoms with van der Waals surface area (Å²) in [6.07, 6.45) is 8.65. The average Bonchev–Trinajstić information content (AvgIpc) is 3.22. The van der Waals surface area contributed by atoms with Crippen LogP contribution in [-0.2, 0) is 11.3 Å². The fraction of sp³-hybridized carbons (Fsp3) is 0.476. The molecule has 0 N–H and O–H groups in total. The van der Waals surface area contributed by atoms with Gasteiger partial charge in [-0.1, -0.05) is 42.8 Å². The molecule has 28 heavy (non-hydrogen) atoms. The third-order valence-electron chi connectivity index (χ3n) is 5.41. The molecule has 4 rings (SSSR count). The molecule has 2 aliphatic carbocycles. The van der Waals surface area contributed by atoms with Gasteiger partial charge < -0.3 is 4.90 Å². The largest absolute Gasteiger partial charge is 0.336 e. The number of hydrogen-bond acceptors (Lipinski definition) is 4. The van der Waals surface area contributed by atoms with E-state index in [0.717, 1.165) is 25.7 Å². The second-order valence-electron chi connectivity index (χ2n) is 7.44. The Balaban J connectivity index is 1.50. The topological polar surface area (TPSA) is 51.0 Å². The van der Waals surface area contributed by atoms with Crippen LogP contribution in [0.25, 0.3) is 11.4 Å². The number of amides is 1. The van der Waals surface area contributed by atoms with Crippen LogP contribution in [0.2, 0.25) is 0 Å². The van der Waals surface area contributed by atoms with Gasteiger partial charge in [0.15, 0.2) is 11.0 Å². The summed E-state index contributed by atoms with van der Waals surface area (Å²) in [5, 5.41) is 9.04. The molecule has 0 unspecified atom stereocenters. The summed E-state index contributed by atoms with van der Waals surface area (Å²) in [6, 6.07) is 7.35. The zero-order valence-electron chi connectivity index (χ0n) is 15.9. The Hall–Kier alpha value is -2.15. The van der Waals surface area contributed by atoms with Crippen molar-refractivity contribution in [3.63, 3.8) is 0 Å². The Morgan fingerprint density at radius 1 is 1.21 bits per heavy atom. The number of nitrogens with zero attached hydrogens (tertiary/aromatic N) is 4. The summed E-state index contributed by atoms with van der Waals surface area (Å²) in [7, 11) is 0. The SMILES string of the molecule is C=CCn1c(SCC(=O)N(C2CCCC2)C2CC2)nnc1-c1ccccc1F. The third-order valence-corrected chi connectivity index (χ3v) is 6.37. The molecular formula is C21H25FN4OS. The van der Waals surface area contributed by atoms with E-state index >= 15 is 0 Å². The number of carbonyl (C=O) groups is 1. The van der Waals surface area contributed by atoms with Crippen molar-refractivity contribution >= 4 is 17.7 Å². The predicted molar refractivity (Wildman–Crippen MR) is 108 cm³/mol. The van der Waals surface area contributed by atoms with Gasteiger partial charge in [-0.2, -0.15) is 0 Å². The van der Waals surface area contributed by atoms with Gasteiger partial charge in [0, 0.05) is 18.6 Å². The van der Waals surface area contributed by atoms with Gasteiger partial charge in [-0.3, -0.25) is 9.36 Å². The van der Waals surface area contributed by atoms with Crippen molar-refractivity contribution in [1.82, 2.24) is 19.7 Å². The van der Waals surface area contributed by atoms with Crippen LogP contribution in [0.3, 0.4) is 0 Å². The maximum atomic E-state index is 14.2. The van der Waals surface area contributed by atoms with Crippen LogP contribution in [0.15, 0.2) is 42.1 Å². The van der Waals surface area contributed by atoms with Crippen molar-refractivity contribution in [1.29, 1.82) is 0 Å². The number of benzene rings is 1. The molecule has 5 nitrogen and oxygen atoms in total. The van der Waals surface area contributed by atoms with Crippen LogP contribution in [-0.4, -0.2) is 43.4 Å². The van der Waals surface area contributed by atoms with E-state index < -0.39 is 0 Å². The first-order valence-electron chi connectivity index (χ1n) is 9.92. The molecule has 0 saturated heterocycles. The lowest BCUT2D eigenvalue weighted by Crippen LogP contribution is -2.41. The molecule has 1 heterocycles. The van der Waals surface area contributed by atoms with Gasteiger partial charge in [0.05, 0.1) is 11.3 Å². The minimum atomic E-state index is -0.339. The van der Waals surface area contributed by atoms with E-state index in [2.05, 4.69) is 21.7 Å². The summed E-state index contributed by atoms with van der Waals surface area (Å²) < 4.78 is 16.0. The fourth-order valence-electron chi connectivity index (χ4n) is 3.97. The molecule has 0 bridgehead atoms. The molecule has 2 aliphatic rings. The molecule has 0 radical (unpaired) electrons. The van der Waals surface area contributed by atoms with Gasteiger partial charge >= 0.3 is 0 Å². The second-order valence-corrected chi connectivity index (χ2v) is 8.39. The van der Waals surface area contributed by atoms with E-state index in [1.807, 2.05) is 4.57 Å². The highest BCUT2D eigenvalue weighted by molar-refractivity contribution is 7.99. The fourth-order valence-corrected chi connectivity index (χ4v) is 4.79. The lowest BCUT2D eigenvalue weighted by Gasteiger charge is -2.29. The zero-order valence-corrected chi connectivity index (χ0v) is 16.7. The summed E-state index contributed by atoms with van der Waals surface area (Å²) >= 11 is 1.38.